The molecule has 0 spiro atoms. The van der Waals surface area contributed by atoms with E-state index in [1.807, 2.05) is 19.4 Å². The smallest absolute Gasteiger partial charge is 0.0834 e. The van der Waals surface area contributed by atoms with Crippen LogP contribution in [-0.4, -0.2) is 33.7 Å². The minimum absolute atomic E-state index is 0.0467. The van der Waals surface area contributed by atoms with Crippen molar-refractivity contribution >= 4 is 0 Å². The highest BCUT2D eigenvalue weighted by Gasteiger charge is 2.22. The molecule has 0 aliphatic carbocycles. The minimum Gasteiger partial charge on any atom is -0.390 e. The van der Waals surface area contributed by atoms with Crippen LogP contribution in [0.15, 0.2) is 12.4 Å². The Labute approximate surface area is 96.2 Å². The second kappa shape index (κ2) is 5.46. The fourth-order valence-electron chi connectivity index (χ4n) is 2.17. The maximum absolute atomic E-state index is 9.99. The Hall–Kier alpha value is -0.870. The Morgan fingerprint density at radius 2 is 2.50 bits per heavy atom. The van der Waals surface area contributed by atoms with Gasteiger partial charge in [-0.2, -0.15) is 5.10 Å². The van der Waals surface area contributed by atoms with Crippen LogP contribution in [0.3, 0.4) is 0 Å². The highest BCUT2D eigenvalue weighted by atomic mass is 16.5. The third-order valence-electron chi connectivity index (χ3n) is 3.13. The number of hydrogen-bond donors (Lipinski definition) is 1. The van der Waals surface area contributed by atoms with Crippen molar-refractivity contribution in [1.82, 2.24) is 9.78 Å². The zero-order valence-corrected chi connectivity index (χ0v) is 9.80. The molecule has 2 heterocycles. The van der Waals surface area contributed by atoms with Crippen molar-refractivity contribution in [2.45, 2.75) is 44.3 Å². The number of aliphatic hydroxyl groups excluding tert-OH is 1. The Kier molecular flexibility index (Phi) is 3.96. The minimum atomic E-state index is -0.333. The molecule has 2 unspecified atom stereocenters. The predicted molar refractivity (Wildman–Crippen MR) is 61.1 cm³/mol. The summed E-state index contributed by atoms with van der Waals surface area (Å²) >= 11 is 0. The molecule has 0 aromatic carbocycles. The lowest BCUT2D eigenvalue weighted by Crippen LogP contribution is -2.32. The van der Waals surface area contributed by atoms with Crippen LogP contribution < -0.4 is 0 Å². The van der Waals surface area contributed by atoms with Gasteiger partial charge in [-0.15, -0.1) is 0 Å². The Balaban J connectivity index is 1.76. The van der Waals surface area contributed by atoms with E-state index in [-0.39, 0.29) is 12.2 Å². The van der Waals surface area contributed by atoms with Crippen molar-refractivity contribution in [2.75, 3.05) is 6.61 Å². The predicted octanol–water partition coefficient (Wildman–Crippen LogP) is 1.28. The van der Waals surface area contributed by atoms with Crippen LogP contribution in [0.5, 0.6) is 0 Å². The molecule has 4 heteroatoms. The number of aryl methyl sites for hydroxylation is 2. The van der Waals surface area contributed by atoms with Gasteiger partial charge in [0.05, 0.1) is 18.4 Å². The number of rotatable bonds is 4. The van der Waals surface area contributed by atoms with Crippen molar-refractivity contribution in [2.24, 2.45) is 7.05 Å². The fraction of sp³-hybridized carbons (Fsp3) is 0.750. The van der Waals surface area contributed by atoms with E-state index in [2.05, 4.69) is 5.10 Å². The summed E-state index contributed by atoms with van der Waals surface area (Å²) in [5.74, 6) is 0. The average Bonchev–Trinajstić information content (AvgIpc) is 2.73. The van der Waals surface area contributed by atoms with Gasteiger partial charge in [-0.1, -0.05) is 0 Å². The van der Waals surface area contributed by atoms with E-state index in [1.54, 1.807) is 4.68 Å². The maximum Gasteiger partial charge on any atom is 0.0834 e. The molecule has 90 valence electrons. The largest absolute Gasteiger partial charge is 0.390 e. The summed E-state index contributed by atoms with van der Waals surface area (Å²) in [4.78, 5) is 0. The molecule has 1 aromatic rings. The quantitative estimate of drug-likeness (QED) is 0.838. The van der Waals surface area contributed by atoms with Gasteiger partial charge >= 0.3 is 0 Å². The summed E-state index contributed by atoms with van der Waals surface area (Å²) in [6.07, 6.45) is 8.49. The molecule has 4 nitrogen and oxygen atoms in total. The summed E-state index contributed by atoms with van der Waals surface area (Å²) in [5.41, 5.74) is 1.18. The Morgan fingerprint density at radius 1 is 1.62 bits per heavy atom. The van der Waals surface area contributed by atoms with Crippen molar-refractivity contribution in [3.8, 4) is 0 Å². The van der Waals surface area contributed by atoms with Crippen molar-refractivity contribution in [3.63, 3.8) is 0 Å². The molecule has 0 amide bonds. The topological polar surface area (TPSA) is 47.3 Å². The normalized spacial score (nSPS) is 23.2. The molecule has 1 aromatic heterocycles. The summed E-state index contributed by atoms with van der Waals surface area (Å²) in [6, 6.07) is 0. The van der Waals surface area contributed by atoms with Gasteiger partial charge in [0.2, 0.25) is 0 Å². The summed E-state index contributed by atoms with van der Waals surface area (Å²) in [6.45, 7) is 0.800. The van der Waals surface area contributed by atoms with E-state index in [9.17, 15) is 5.11 Å². The van der Waals surface area contributed by atoms with Crippen LogP contribution in [0.4, 0.5) is 0 Å². The van der Waals surface area contributed by atoms with Gasteiger partial charge < -0.3 is 9.84 Å². The van der Waals surface area contributed by atoms with Crippen LogP contribution in [0.2, 0.25) is 0 Å². The van der Waals surface area contributed by atoms with Crippen molar-refractivity contribution in [1.29, 1.82) is 0 Å². The van der Waals surface area contributed by atoms with Gasteiger partial charge in [-0.25, -0.2) is 0 Å². The zero-order chi connectivity index (χ0) is 11.4. The molecule has 1 saturated heterocycles. The van der Waals surface area contributed by atoms with Crippen LogP contribution in [-0.2, 0) is 18.2 Å². The number of aliphatic hydroxyl groups is 1. The monoisotopic (exact) mass is 224 g/mol. The van der Waals surface area contributed by atoms with Crippen molar-refractivity contribution < 1.29 is 9.84 Å². The zero-order valence-electron chi connectivity index (χ0n) is 9.80. The lowest BCUT2D eigenvalue weighted by molar-refractivity contribution is -0.0640. The third kappa shape index (κ3) is 3.06. The number of hydrogen-bond acceptors (Lipinski definition) is 3. The summed E-state index contributed by atoms with van der Waals surface area (Å²) in [5, 5.41) is 14.1. The van der Waals surface area contributed by atoms with E-state index in [0.29, 0.717) is 0 Å². The van der Waals surface area contributed by atoms with E-state index in [4.69, 9.17) is 4.74 Å². The van der Waals surface area contributed by atoms with E-state index < -0.39 is 0 Å². The number of ether oxygens (including phenoxy) is 1. The van der Waals surface area contributed by atoms with Crippen LogP contribution >= 0.6 is 0 Å². The van der Waals surface area contributed by atoms with Crippen LogP contribution in [0, 0.1) is 0 Å². The molecule has 2 atom stereocenters. The van der Waals surface area contributed by atoms with Gasteiger partial charge in [-0.3, -0.25) is 4.68 Å². The maximum atomic E-state index is 9.99. The molecule has 1 fully saturated rings. The fourth-order valence-corrected chi connectivity index (χ4v) is 2.17. The second-order valence-corrected chi connectivity index (χ2v) is 4.53. The lowest BCUT2D eigenvalue weighted by Gasteiger charge is -2.26. The Morgan fingerprint density at radius 3 is 3.12 bits per heavy atom. The summed E-state index contributed by atoms with van der Waals surface area (Å²) in [7, 11) is 1.91. The number of nitrogens with zero attached hydrogens (tertiary/aromatic N) is 2. The van der Waals surface area contributed by atoms with E-state index >= 15 is 0 Å². The molecule has 0 saturated carbocycles. The highest BCUT2D eigenvalue weighted by Crippen LogP contribution is 2.18. The molecule has 1 N–H and O–H groups in total. The molecule has 1 aliphatic rings. The first-order valence-electron chi connectivity index (χ1n) is 6.03. The van der Waals surface area contributed by atoms with Gasteiger partial charge in [0.1, 0.15) is 0 Å². The molecule has 0 radical (unpaired) electrons. The lowest BCUT2D eigenvalue weighted by atomic mass is 9.99. The van der Waals surface area contributed by atoms with Gasteiger partial charge in [0.25, 0.3) is 0 Å². The molecular formula is C12H20N2O2. The van der Waals surface area contributed by atoms with Gasteiger partial charge in [-0.05, 0) is 37.7 Å². The molecule has 16 heavy (non-hydrogen) atoms. The number of aromatic nitrogens is 2. The van der Waals surface area contributed by atoms with Gasteiger partial charge in [0.15, 0.2) is 0 Å². The molecule has 1 aliphatic heterocycles. The second-order valence-electron chi connectivity index (χ2n) is 4.53. The van der Waals surface area contributed by atoms with Crippen LogP contribution in [0.25, 0.3) is 0 Å². The average molecular weight is 224 g/mol. The van der Waals surface area contributed by atoms with Gasteiger partial charge in [0, 0.05) is 19.9 Å². The van der Waals surface area contributed by atoms with E-state index in [0.717, 1.165) is 32.3 Å². The van der Waals surface area contributed by atoms with Crippen LogP contribution in [0.1, 0.15) is 31.2 Å². The first-order valence-corrected chi connectivity index (χ1v) is 6.03. The van der Waals surface area contributed by atoms with Crippen molar-refractivity contribution in [3.05, 3.63) is 18.0 Å². The highest BCUT2D eigenvalue weighted by molar-refractivity contribution is 5.03. The SMILES string of the molecule is Cn1cc(CCC(O)C2CCCCO2)cn1. The third-order valence-corrected chi connectivity index (χ3v) is 3.13. The summed E-state index contributed by atoms with van der Waals surface area (Å²) < 4.78 is 7.35. The molecule has 2 rings (SSSR count). The Bertz CT molecular complexity index is 319. The van der Waals surface area contributed by atoms with E-state index in [1.165, 1.54) is 12.0 Å². The molecular weight excluding hydrogens is 204 g/mol. The first-order chi connectivity index (χ1) is 7.75. The standard InChI is InChI=1S/C12H20N2O2/c1-14-9-10(8-13-14)5-6-11(15)12-4-2-3-7-16-12/h8-9,11-12,15H,2-7H2,1H3. The first kappa shape index (κ1) is 11.6. The molecule has 0 bridgehead atoms.